The summed E-state index contributed by atoms with van der Waals surface area (Å²) in [6.45, 7) is 7.96. The van der Waals surface area contributed by atoms with E-state index in [4.69, 9.17) is 85.3 Å². The number of Topliss-reactive ketones (excluding diaryl/α,β-unsaturated/α-hetero) is 1. The lowest BCUT2D eigenvalue weighted by Crippen LogP contribution is -2.67. The molecule has 0 saturated carbocycles. The number of carbonyl (C=O) groups is 4. The summed E-state index contributed by atoms with van der Waals surface area (Å²) < 4.78 is 121. The molecule has 0 aromatic heterocycles. The number of ketones is 1. The fraction of sp³-hybridized carbons (Fsp3) is 0.465. The molecule has 117 heavy (non-hydrogen) atoms. The van der Waals surface area contributed by atoms with Crippen molar-refractivity contribution in [1.29, 1.82) is 0 Å². The van der Waals surface area contributed by atoms with Gasteiger partial charge in [-0.15, -0.1) is 0 Å². The molecule has 0 bridgehead atoms. The first kappa shape index (κ1) is 86.3. The number of azide groups is 3. The van der Waals surface area contributed by atoms with E-state index >= 15 is 0 Å². The third-order valence-electron chi connectivity index (χ3n) is 21.2. The van der Waals surface area contributed by atoms with E-state index in [1.165, 1.54) is 33.3 Å². The van der Waals surface area contributed by atoms with Gasteiger partial charge in [0, 0.05) is 27.8 Å². The van der Waals surface area contributed by atoms with Crippen LogP contribution >= 0.6 is 0 Å². The van der Waals surface area contributed by atoms with Crippen molar-refractivity contribution < 1.29 is 104 Å². The minimum atomic E-state index is -1.86. The molecule has 5 heterocycles. The predicted octanol–water partition coefficient (Wildman–Crippen LogP) is 13.7. The van der Waals surface area contributed by atoms with E-state index in [1.807, 2.05) is 141 Å². The number of rotatable bonds is 36. The summed E-state index contributed by atoms with van der Waals surface area (Å²) in [5, 5.41) is 12.7. The van der Waals surface area contributed by atoms with Gasteiger partial charge in [-0.3, -0.25) is 4.79 Å². The number of ether oxygens (including phenoxy) is 18. The number of nitrogens with zero attached hydrogens (tertiary/aromatic N) is 9. The Balaban J connectivity index is 0.876. The third kappa shape index (κ3) is 21.8. The Morgan fingerprint density at radius 1 is 0.368 bits per heavy atom. The molecule has 0 amide bonds. The van der Waals surface area contributed by atoms with Crippen LogP contribution in [0, 0.1) is 11.8 Å². The highest BCUT2D eigenvalue weighted by Crippen LogP contribution is 2.44. The van der Waals surface area contributed by atoms with Gasteiger partial charge in [0.1, 0.15) is 73.6 Å². The molecule has 5 aliphatic heterocycles. The maximum Gasteiger partial charge on any atom is 0.338 e. The Hall–Kier alpha value is -10.1. The summed E-state index contributed by atoms with van der Waals surface area (Å²) in [7, 11) is 2.53. The zero-order chi connectivity index (χ0) is 82.2. The molecule has 0 spiro atoms. The van der Waals surface area contributed by atoms with Gasteiger partial charge >= 0.3 is 17.9 Å². The van der Waals surface area contributed by atoms with E-state index < -0.39 is 183 Å². The number of esters is 3. The predicted molar refractivity (Wildman–Crippen MR) is 418 cm³/mol. The highest BCUT2D eigenvalue weighted by atomic mass is 16.8. The van der Waals surface area contributed by atoms with Gasteiger partial charge in [0.2, 0.25) is 0 Å². The second kappa shape index (κ2) is 42.9. The van der Waals surface area contributed by atoms with Gasteiger partial charge in [-0.1, -0.05) is 231 Å². The third-order valence-corrected chi connectivity index (χ3v) is 21.2. The smallest absolute Gasteiger partial charge is 0.338 e. The van der Waals surface area contributed by atoms with Crippen molar-refractivity contribution in [1.82, 2.24) is 0 Å². The number of hydrogen-bond acceptors (Lipinski definition) is 25. The number of methoxy groups -OCH3 is 2. The summed E-state index contributed by atoms with van der Waals surface area (Å²) in [5.41, 5.74) is 35.4. The van der Waals surface area contributed by atoms with E-state index in [2.05, 4.69) is 30.1 Å². The van der Waals surface area contributed by atoms with Crippen LogP contribution in [0.25, 0.3) is 31.3 Å². The molecule has 12 rings (SSSR count). The zero-order valence-electron chi connectivity index (χ0n) is 65.8. The van der Waals surface area contributed by atoms with Gasteiger partial charge in [0.05, 0.1) is 81.7 Å². The quantitative estimate of drug-likeness (QED) is 0.0116. The summed E-state index contributed by atoms with van der Waals surface area (Å²) in [4.78, 5) is 68.1. The zero-order valence-corrected chi connectivity index (χ0v) is 65.8. The van der Waals surface area contributed by atoms with Gasteiger partial charge in [-0.2, -0.15) is 0 Å². The van der Waals surface area contributed by atoms with Crippen molar-refractivity contribution in [3.8, 4) is 0 Å². The number of hydrogen-bond donors (Lipinski definition) is 0. The van der Waals surface area contributed by atoms with Crippen molar-refractivity contribution in [2.24, 2.45) is 27.2 Å². The van der Waals surface area contributed by atoms with Gasteiger partial charge in [0.25, 0.3) is 0 Å². The van der Waals surface area contributed by atoms with Crippen molar-refractivity contribution >= 4 is 23.7 Å². The largest absolute Gasteiger partial charge is 0.467 e. The minimum absolute atomic E-state index is 0.00445. The standard InChI is InChI=1S/C86H97N9O22/c1-8-61-67(112-82-52(4)68(102-45-54-31-17-10-18-32-54)75(77(117-82)81(99)100-6)115-85-66(92-95-89)72(104-47-56-35-21-12-22-36-56)70(62(9-2)109-85)103-46-55-33-19-11-20-34-55)51(3)64(90-93-87)84(108-61)116-76-69(53(5)96)113-86(78(111-80(98)60-43-29-16-30-44-60)74(76)106-49-58-39-25-14-26-40-58)114-71-63(50-107-79(97)59-41-27-15-28-42-59)110-83(101-7)65(91-94-88)73(71)105-48-57-37-23-13-24-38-57/h10-44,51-52,61-78,82-86H,8-9,45-50H2,1-7H3/t51?,52?,61?,62?,63?,64-,65-,66?,67-,68+,69?,70+,71+,72+,73?,74+,75-,76+,77?,78?,82+,83-,84-,85+,86-/m0/s1. The van der Waals surface area contributed by atoms with Crippen molar-refractivity contribution in [2.45, 2.75) is 222 Å². The molecule has 5 aliphatic rings. The molecule has 31 nitrogen and oxygen atoms in total. The molecule has 7 aromatic carbocycles. The maximum atomic E-state index is 14.9. The van der Waals surface area contributed by atoms with Crippen LogP contribution in [0.1, 0.15) is 96.0 Å². The lowest BCUT2D eigenvalue weighted by atomic mass is 9.86. The normalized spacial score (nSPS) is 30.8. The fourth-order valence-electron chi connectivity index (χ4n) is 15.2. The lowest BCUT2D eigenvalue weighted by molar-refractivity contribution is -0.371. The number of carbonyl (C=O) groups excluding carboxylic acids is 4. The van der Waals surface area contributed by atoms with Crippen molar-refractivity contribution in [3.05, 3.63) is 283 Å². The topological polar surface area (TPSA) is 381 Å². The van der Waals surface area contributed by atoms with E-state index in [9.17, 15) is 35.8 Å². The summed E-state index contributed by atoms with van der Waals surface area (Å²) >= 11 is 0. The first-order chi connectivity index (χ1) is 57.1. The van der Waals surface area contributed by atoms with Gasteiger partial charge in [0.15, 0.2) is 49.4 Å². The molecule has 5 fully saturated rings. The van der Waals surface area contributed by atoms with Crippen molar-refractivity contribution in [3.63, 3.8) is 0 Å². The molecule has 618 valence electrons. The molecule has 5 saturated heterocycles. The second-order valence-electron chi connectivity index (χ2n) is 28.9. The van der Waals surface area contributed by atoms with Gasteiger partial charge < -0.3 is 85.3 Å². The minimum Gasteiger partial charge on any atom is -0.467 e. The molecule has 31 heteroatoms. The average Bonchev–Trinajstić information content (AvgIpc) is 0.759. The lowest BCUT2D eigenvalue weighted by Gasteiger charge is -2.51. The van der Waals surface area contributed by atoms with Crippen LogP contribution in [-0.4, -0.2) is 186 Å². The summed E-state index contributed by atoms with van der Waals surface area (Å²) in [6.07, 6.45) is -26.5. The van der Waals surface area contributed by atoms with Crippen LogP contribution < -0.4 is 0 Å². The molecule has 7 aromatic rings. The van der Waals surface area contributed by atoms with Crippen LogP contribution in [0.15, 0.2) is 228 Å². The molecular formula is C86H97N9O22. The van der Waals surface area contributed by atoms with E-state index in [1.54, 1.807) is 86.6 Å². The van der Waals surface area contributed by atoms with Crippen LogP contribution in [0.5, 0.6) is 0 Å². The highest BCUT2D eigenvalue weighted by Gasteiger charge is 2.60. The fourth-order valence-corrected chi connectivity index (χ4v) is 15.2. The molecule has 10 unspecified atom stereocenters. The Morgan fingerprint density at radius 2 is 0.735 bits per heavy atom. The first-order valence-electron chi connectivity index (χ1n) is 39.0. The molecular weight excluding hydrogens is 1510 g/mol. The molecule has 0 aliphatic carbocycles. The van der Waals surface area contributed by atoms with E-state index in [-0.39, 0.29) is 50.6 Å². The Morgan fingerprint density at radius 3 is 1.19 bits per heavy atom. The second-order valence-corrected chi connectivity index (χ2v) is 28.9. The Bertz CT molecular complexity index is 4440. The van der Waals surface area contributed by atoms with Crippen LogP contribution in [-0.2, 0) is 128 Å². The monoisotopic (exact) mass is 1610 g/mol. The summed E-state index contributed by atoms with van der Waals surface area (Å²) in [5.74, 6) is -4.91. The molecule has 0 N–H and O–H groups in total. The van der Waals surface area contributed by atoms with Crippen LogP contribution in [0.4, 0.5) is 0 Å². The number of benzene rings is 7. The van der Waals surface area contributed by atoms with Crippen LogP contribution in [0.3, 0.4) is 0 Å². The van der Waals surface area contributed by atoms with E-state index in [0.717, 1.165) is 16.7 Å². The summed E-state index contributed by atoms with van der Waals surface area (Å²) in [6, 6.07) is 58.8. The van der Waals surface area contributed by atoms with Crippen LogP contribution in [0.2, 0.25) is 0 Å². The Labute approximate surface area is 677 Å². The highest BCUT2D eigenvalue weighted by molar-refractivity contribution is 5.90. The first-order valence-corrected chi connectivity index (χ1v) is 39.0. The SMILES string of the molecule is CCC1O[C@@H](O[C@@H]2C(C(C)=O)O[C@@H](O[C@@H]3C(COC(=O)c4ccccc4)O[C@H](OC)[C@@H](N=[N+]=[N-])C3OCc3ccccc3)C(OC(=O)c3ccccc3)[C@@H]2OCc2ccccc2)[C@@H](N=[N+]=[N-])C(C)[C@@H]1O[C@@H]1OC(C(=O)OC)[C@@H](O[C@H]2OC(CC)[C@@H](OCc3ccccc3)[C@H](OCc3ccccc3)C2N=[N+]=[N-])[C@H](OCc2ccccc2)C1C. The molecule has 0 radical (unpaired) electrons. The average molecular weight is 1610 g/mol. The van der Waals surface area contributed by atoms with Gasteiger partial charge in [-0.05, 0) is 94.4 Å². The molecule has 25 atom stereocenters. The van der Waals surface area contributed by atoms with Gasteiger partial charge in [-0.25, -0.2) is 14.4 Å². The Kier molecular flexibility index (Phi) is 31.6. The van der Waals surface area contributed by atoms with Crippen molar-refractivity contribution in [2.75, 3.05) is 20.8 Å². The maximum absolute atomic E-state index is 14.9. The van der Waals surface area contributed by atoms with E-state index in [0.29, 0.717) is 17.5 Å².